The molecule has 5 nitrogen and oxygen atoms in total. The molecule has 0 amide bonds. The number of aromatic carboxylic acids is 1. The molecule has 1 saturated heterocycles. The standard InChI is InChI=1S/C14H20ClN3O2/c1-10(18-7-3-2-4-8-18)9-16-12-6-5-11(15)13(17-12)14(19)20/h5-6,10H,2-4,7-9H2,1H3,(H,16,17)(H,19,20). The van der Waals surface area contributed by atoms with Crippen molar-refractivity contribution >= 4 is 23.4 Å². The van der Waals surface area contributed by atoms with Crippen molar-refractivity contribution in [2.75, 3.05) is 25.0 Å². The van der Waals surface area contributed by atoms with E-state index in [-0.39, 0.29) is 10.7 Å². The third kappa shape index (κ3) is 3.84. The maximum atomic E-state index is 11.0. The summed E-state index contributed by atoms with van der Waals surface area (Å²) in [6.07, 6.45) is 3.83. The zero-order valence-corrected chi connectivity index (χ0v) is 12.4. The molecule has 1 aromatic heterocycles. The van der Waals surface area contributed by atoms with Gasteiger partial charge in [-0.05, 0) is 45.0 Å². The summed E-state index contributed by atoms with van der Waals surface area (Å²) in [7, 11) is 0. The van der Waals surface area contributed by atoms with Crippen LogP contribution < -0.4 is 5.32 Å². The molecule has 1 aromatic rings. The fraction of sp³-hybridized carbons (Fsp3) is 0.571. The fourth-order valence-corrected chi connectivity index (χ4v) is 2.62. The molecule has 1 aliphatic heterocycles. The zero-order chi connectivity index (χ0) is 14.5. The van der Waals surface area contributed by atoms with Gasteiger partial charge >= 0.3 is 5.97 Å². The Kier molecular flexibility index (Phi) is 5.20. The van der Waals surface area contributed by atoms with Crippen molar-refractivity contribution in [1.29, 1.82) is 0 Å². The van der Waals surface area contributed by atoms with E-state index in [1.54, 1.807) is 12.1 Å². The minimum absolute atomic E-state index is 0.109. The molecule has 0 bridgehead atoms. The van der Waals surface area contributed by atoms with Gasteiger partial charge in [0, 0.05) is 12.6 Å². The van der Waals surface area contributed by atoms with Gasteiger partial charge in [0.1, 0.15) is 5.82 Å². The van der Waals surface area contributed by atoms with Crippen molar-refractivity contribution in [2.24, 2.45) is 0 Å². The van der Waals surface area contributed by atoms with E-state index in [0.717, 1.165) is 19.6 Å². The van der Waals surface area contributed by atoms with Gasteiger partial charge < -0.3 is 10.4 Å². The molecule has 0 aliphatic carbocycles. The van der Waals surface area contributed by atoms with Crippen LogP contribution in [0.1, 0.15) is 36.7 Å². The van der Waals surface area contributed by atoms with Crippen LogP contribution in [0.4, 0.5) is 5.82 Å². The summed E-state index contributed by atoms with van der Waals surface area (Å²) in [5, 5.41) is 12.3. The molecule has 0 saturated carbocycles. The summed E-state index contributed by atoms with van der Waals surface area (Å²) in [5.41, 5.74) is -0.109. The largest absolute Gasteiger partial charge is 0.476 e. The van der Waals surface area contributed by atoms with Crippen molar-refractivity contribution in [2.45, 2.75) is 32.2 Å². The summed E-state index contributed by atoms with van der Waals surface area (Å²) < 4.78 is 0. The third-order valence-electron chi connectivity index (χ3n) is 3.64. The van der Waals surface area contributed by atoms with E-state index < -0.39 is 5.97 Å². The molecular formula is C14H20ClN3O2. The molecule has 20 heavy (non-hydrogen) atoms. The first-order chi connectivity index (χ1) is 9.58. The van der Waals surface area contributed by atoms with Crippen LogP contribution in [0.25, 0.3) is 0 Å². The first-order valence-electron chi connectivity index (χ1n) is 6.95. The average Bonchev–Trinajstić information content (AvgIpc) is 2.46. The van der Waals surface area contributed by atoms with Gasteiger partial charge in [0.2, 0.25) is 0 Å². The highest BCUT2D eigenvalue weighted by molar-refractivity contribution is 6.33. The molecule has 110 valence electrons. The maximum absolute atomic E-state index is 11.0. The number of nitrogens with one attached hydrogen (secondary N) is 1. The van der Waals surface area contributed by atoms with E-state index >= 15 is 0 Å². The monoisotopic (exact) mass is 297 g/mol. The smallest absolute Gasteiger partial charge is 0.356 e. The topological polar surface area (TPSA) is 65.5 Å². The predicted octanol–water partition coefficient (Wildman–Crippen LogP) is 2.72. The SMILES string of the molecule is CC(CNc1ccc(Cl)c(C(=O)O)n1)N1CCCCC1. The summed E-state index contributed by atoms with van der Waals surface area (Å²) in [6.45, 7) is 5.19. The van der Waals surface area contributed by atoms with Crippen LogP contribution in [0.2, 0.25) is 5.02 Å². The van der Waals surface area contributed by atoms with Crippen LogP contribution in [0, 0.1) is 0 Å². The quantitative estimate of drug-likeness (QED) is 0.875. The summed E-state index contributed by atoms with van der Waals surface area (Å²) in [4.78, 5) is 17.5. The van der Waals surface area contributed by atoms with E-state index in [0.29, 0.717) is 11.9 Å². The van der Waals surface area contributed by atoms with Crippen molar-refractivity contribution in [3.63, 3.8) is 0 Å². The highest BCUT2D eigenvalue weighted by atomic mass is 35.5. The van der Waals surface area contributed by atoms with Crippen LogP contribution >= 0.6 is 11.6 Å². The Morgan fingerprint density at radius 3 is 2.80 bits per heavy atom. The number of likely N-dealkylation sites (tertiary alicyclic amines) is 1. The zero-order valence-electron chi connectivity index (χ0n) is 11.6. The van der Waals surface area contributed by atoms with Gasteiger partial charge in [-0.25, -0.2) is 9.78 Å². The molecule has 6 heteroatoms. The molecule has 1 unspecified atom stereocenters. The first-order valence-corrected chi connectivity index (χ1v) is 7.33. The van der Waals surface area contributed by atoms with Crippen molar-refractivity contribution < 1.29 is 9.90 Å². The van der Waals surface area contributed by atoms with Gasteiger partial charge in [-0.15, -0.1) is 0 Å². The van der Waals surface area contributed by atoms with E-state index in [1.807, 2.05) is 0 Å². The number of nitrogens with zero attached hydrogens (tertiary/aromatic N) is 2. The van der Waals surface area contributed by atoms with Crippen molar-refractivity contribution in [3.05, 3.63) is 22.8 Å². The molecule has 0 spiro atoms. The number of anilines is 1. The number of carbonyl (C=O) groups is 1. The van der Waals surface area contributed by atoms with Gasteiger partial charge in [-0.1, -0.05) is 18.0 Å². The van der Waals surface area contributed by atoms with E-state index in [4.69, 9.17) is 16.7 Å². The highest BCUT2D eigenvalue weighted by Gasteiger charge is 2.17. The molecule has 0 aromatic carbocycles. The van der Waals surface area contributed by atoms with Gasteiger partial charge in [0.25, 0.3) is 0 Å². The molecule has 0 radical (unpaired) electrons. The summed E-state index contributed by atoms with van der Waals surface area (Å²) in [6, 6.07) is 3.67. The van der Waals surface area contributed by atoms with Gasteiger partial charge in [0.15, 0.2) is 5.69 Å². The Balaban J connectivity index is 1.93. The number of aromatic nitrogens is 1. The Bertz CT molecular complexity index is 475. The van der Waals surface area contributed by atoms with Crippen LogP contribution in [0.15, 0.2) is 12.1 Å². The highest BCUT2D eigenvalue weighted by Crippen LogP contribution is 2.17. The van der Waals surface area contributed by atoms with Gasteiger partial charge in [-0.2, -0.15) is 0 Å². The van der Waals surface area contributed by atoms with Crippen LogP contribution in [-0.2, 0) is 0 Å². The molecule has 2 heterocycles. The third-order valence-corrected chi connectivity index (χ3v) is 3.95. The number of carboxylic acid groups (broad SMARTS) is 1. The number of piperidine rings is 1. The lowest BCUT2D eigenvalue weighted by Gasteiger charge is -2.32. The molecule has 2 rings (SSSR count). The minimum Gasteiger partial charge on any atom is -0.476 e. The van der Waals surface area contributed by atoms with Crippen LogP contribution in [0.3, 0.4) is 0 Å². The number of hydrogen-bond donors (Lipinski definition) is 2. The van der Waals surface area contributed by atoms with Crippen LogP contribution in [0.5, 0.6) is 0 Å². The minimum atomic E-state index is -1.11. The van der Waals surface area contributed by atoms with Crippen molar-refractivity contribution in [3.8, 4) is 0 Å². The van der Waals surface area contributed by atoms with Crippen LogP contribution in [-0.4, -0.2) is 46.6 Å². The Morgan fingerprint density at radius 2 is 2.15 bits per heavy atom. The second-order valence-electron chi connectivity index (χ2n) is 5.16. The lowest BCUT2D eigenvalue weighted by atomic mass is 10.1. The normalized spacial score (nSPS) is 17.7. The second kappa shape index (κ2) is 6.90. The molecule has 1 aliphatic rings. The summed E-state index contributed by atoms with van der Waals surface area (Å²) in [5.74, 6) is -0.557. The molecular weight excluding hydrogens is 278 g/mol. The lowest BCUT2D eigenvalue weighted by Crippen LogP contribution is -2.41. The predicted molar refractivity (Wildman–Crippen MR) is 79.6 cm³/mol. The molecule has 2 N–H and O–H groups in total. The Morgan fingerprint density at radius 1 is 1.45 bits per heavy atom. The van der Waals surface area contributed by atoms with Gasteiger partial charge in [0.05, 0.1) is 5.02 Å². The van der Waals surface area contributed by atoms with E-state index in [2.05, 4.69) is 22.1 Å². The first kappa shape index (κ1) is 15.1. The fourth-order valence-electron chi connectivity index (χ4n) is 2.43. The maximum Gasteiger partial charge on any atom is 0.356 e. The molecule has 1 atom stereocenters. The van der Waals surface area contributed by atoms with E-state index in [9.17, 15) is 4.79 Å². The number of hydrogen-bond acceptors (Lipinski definition) is 4. The number of carboxylic acids is 1. The number of pyridine rings is 1. The van der Waals surface area contributed by atoms with Gasteiger partial charge in [-0.3, -0.25) is 4.90 Å². The Labute approximate surface area is 123 Å². The number of rotatable bonds is 5. The van der Waals surface area contributed by atoms with Crippen molar-refractivity contribution in [1.82, 2.24) is 9.88 Å². The number of halogens is 1. The lowest BCUT2D eigenvalue weighted by molar-refractivity contribution is 0.0691. The molecule has 1 fully saturated rings. The Hall–Kier alpha value is -1.33. The summed E-state index contributed by atoms with van der Waals surface area (Å²) >= 11 is 5.80. The second-order valence-corrected chi connectivity index (χ2v) is 5.57. The van der Waals surface area contributed by atoms with E-state index in [1.165, 1.54) is 19.3 Å². The average molecular weight is 298 g/mol.